The van der Waals surface area contributed by atoms with E-state index in [4.69, 9.17) is 0 Å². The monoisotopic (exact) mass is 806 g/mol. The number of benzene rings is 4. The highest BCUT2D eigenvalue weighted by Crippen LogP contribution is 2.38. The number of phenols is 1. The van der Waals surface area contributed by atoms with Gasteiger partial charge >= 0.3 is 0 Å². The van der Waals surface area contributed by atoms with E-state index in [0.717, 1.165) is 16.7 Å². The zero-order chi connectivity index (χ0) is 41.7. The van der Waals surface area contributed by atoms with Crippen LogP contribution in [0, 0.1) is 25.2 Å². The molecule has 1 N–H and O–H groups in total. The van der Waals surface area contributed by atoms with Gasteiger partial charge in [-0.25, -0.2) is 8.42 Å². The van der Waals surface area contributed by atoms with Gasteiger partial charge in [0.05, 0.1) is 17.0 Å². The summed E-state index contributed by atoms with van der Waals surface area (Å²) >= 11 is 0. The molecule has 2 aliphatic rings. The minimum absolute atomic E-state index is 0.0508. The first-order valence-corrected chi connectivity index (χ1v) is 21.3. The van der Waals surface area contributed by atoms with E-state index in [1.807, 2.05) is 91.0 Å². The first-order valence-electron chi connectivity index (χ1n) is 19.7. The number of hydrogen-bond acceptors (Lipinski definition) is 6. The SMILES string of the molecule is Cc1c(N(C(=O)c2cc(-c3cc4c(cc3C(=O)N3Cc5ccccc5C[C@H]3C)CN(S(=O)(=O)Cc3ccccc3)CC4)n(C)c2C)c2ccc(O)cc2)cc(C#N)n1C. The summed E-state index contributed by atoms with van der Waals surface area (Å²) in [6.45, 7) is 6.63. The van der Waals surface area contributed by atoms with Crippen LogP contribution >= 0.6 is 0 Å². The van der Waals surface area contributed by atoms with Gasteiger partial charge in [0.1, 0.15) is 17.5 Å². The zero-order valence-electron chi connectivity index (χ0n) is 33.8. The highest BCUT2D eigenvalue weighted by molar-refractivity contribution is 7.88. The second-order valence-corrected chi connectivity index (χ2v) is 17.6. The number of fused-ring (bicyclic) bond motifs is 2. The van der Waals surface area contributed by atoms with Gasteiger partial charge in [-0.15, -0.1) is 0 Å². The van der Waals surface area contributed by atoms with Gasteiger partial charge in [-0.1, -0.05) is 54.6 Å². The molecule has 12 heteroatoms. The summed E-state index contributed by atoms with van der Waals surface area (Å²) in [4.78, 5) is 33.4. The largest absolute Gasteiger partial charge is 0.508 e. The van der Waals surface area contributed by atoms with Crippen LogP contribution in [0.25, 0.3) is 11.3 Å². The smallest absolute Gasteiger partial charge is 0.264 e. The molecule has 0 radical (unpaired) electrons. The summed E-state index contributed by atoms with van der Waals surface area (Å²) in [5.74, 6) is -0.580. The number of carbonyl (C=O) groups excluding carboxylic acids is 2. The standard InChI is InChI=1S/C47H46N6O5S/c1-30-21-34-13-9-10-14-36(34)28-52(30)46(55)43-23-37-27-51(59(57,58)29-33-11-7-6-8-12-33)20-19-35(37)22-42(43)45-25-41(31(2)50(45)5)47(56)53(38-15-17-40(54)18-16-38)44-24-39(26-48)49(4)32(44)3/h6-18,22-25,30,54H,19-21,27-29H2,1-5H3/t30-/m1/s1. The molecule has 0 unspecified atom stereocenters. The third-order valence-corrected chi connectivity index (χ3v) is 13.9. The Morgan fingerprint density at radius 3 is 2.20 bits per heavy atom. The molecule has 6 aromatic rings. The van der Waals surface area contributed by atoms with E-state index in [1.165, 1.54) is 22.0 Å². The van der Waals surface area contributed by atoms with Crippen LogP contribution < -0.4 is 4.90 Å². The molecule has 300 valence electrons. The molecule has 0 bridgehead atoms. The van der Waals surface area contributed by atoms with Crippen molar-refractivity contribution in [3.63, 3.8) is 0 Å². The molecule has 2 aromatic heterocycles. The molecular weight excluding hydrogens is 761 g/mol. The average Bonchev–Trinajstić information content (AvgIpc) is 3.69. The maximum absolute atomic E-state index is 15.0. The lowest BCUT2D eigenvalue weighted by Gasteiger charge is -2.36. The Bertz CT molecular complexity index is 2780. The number of hydrogen-bond donors (Lipinski definition) is 1. The Labute approximate surface area is 345 Å². The number of anilines is 2. The number of nitriles is 1. The number of amides is 2. The third-order valence-electron chi connectivity index (χ3n) is 12.1. The Kier molecular flexibility index (Phi) is 10.3. The van der Waals surface area contributed by atoms with Crippen molar-refractivity contribution >= 4 is 33.2 Å². The van der Waals surface area contributed by atoms with E-state index in [1.54, 1.807) is 34.7 Å². The second-order valence-electron chi connectivity index (χ2n) is 15.7. The van der Waals surface area contributed by atoms with Crippen molar-refractivity contribution in [3.05, 3.63) is 159 Å². The van der Waals surface area contributed by atoms with Crippen LogP contribution in [0.15, 0.2) is 103 Å². The highest BCUT2D eigenvalue weighted by Gasteiger charge is 2.34. The highest BCUT2D eigenvalue weighted by atomic mass is 32.2. The minimum Gasteiger partial charge on any atom is -0.508 e. The number of sulfonamides is 1. The lowest BCUT2D eigenvalue weighted by atomic mass is 9.90. The molecule has 4 heterocycles. The topological polar surface area (TPSA) is 132 Å². The van der Waals surface area contributed by atoms with Crippen LogP contribution in [-0.4, -0.2) is 56.3 Å². The first kappa shape index (κ1) is 39.4. The number of aromatic hydroxyl groups is 1. The van der Waals surface area contributed by atoms with E-state index in [2.05, 4.69) is 25.1 Å². The predicted molar refractivity (Wildman–Crippen MR) is 228 cm³/mol. The minimum atomic E-state index is -3.66. The summed E-state index contributed by atoms with van der Waals surface area (Å²) in [6.07, 6.45) is 1.16. The molecule has 4 aromatic carbocycles. The Morgan fingerprint density at radius 1 is 0.814 bits per heavy atom. The molecular formula is C47H46N6O5S. The first-order chi connectivity index (χ1) is 28.2. The maximum atomic E-state index is 15.0. The molecule has 2 amide bonds. The normalized spacial score (nSPS) is 15.3. The van der Waals surface area contributed by atoms with Gasteiger partial charge in [-0.3, -0.25) is 14.5 Å². The molecule has 8 rings (SSSR count). The van der Waals surface area contributed by atoms with E-state index >= 15 is 4.79 Å². The summed E-state index contributed by atoms with van der Waals surface area (Å²) < 4.78 is 32.7. The lowest BCUT2D eigenvalue weighted by molar-refractivity contribution is 0.0658. The second kappa shape index (κ2) is 15.4. The van der Waals surface area contributed by atoms with Gasteiger partial charge in [-0.2, -0.15) is 9.57 Å². The molecule has 2 aliphatic heterocycles. The fourth-order valence-corrected chi connectivity index (χ4v) is 9.97. The van der Waals surface area contributed by atoms with E-state index in [0.29, 0.717) is 82.3 Å². The van der Waals surface area contributed by atoms with Crippen LogP contribution in [0.2, 0.25) is 0 Å². The van der Waals surface area contributed by atoms with Gasteiger partial charge in [0.25, 0.3) is 11.8 Å². The van der Waals surface area contributed by atoms with Crippen molar-refractivity contribution in [1.29, 1.82) is 5.26 Å². The third kappa shape index (κ3) is 7.21. The van der Waals surface area contributed by atoms with E-state index in [-0.39, 0.29) is 35.9 Å². The van der Waals surface area contributed by atoms with Crippen LogP contribution in [0.5, 0.6) is 5.75 Å². The van der Waals surface area contributed by atoms with Crippen molar-refractivity contribution in [2.75, 3.05) is 11.4 Å². The van der Waals surface area contributed by atoms with Crippen LogP contribution in [0.1, 0.15) is 72.5 Å². The molecule has 0 aliphatic carbocycles. The summed E-state index contributed by atoms with van der Waals surface area (Å²) in [5, 5.41) is 20.0. The fourth-order valence-electron chi connectivity index (χ4n) is 8.47. The number of rotatable bonds is 8. The van der Waals surface area contributed by atoms with Crippen molar-refractivity contribution in [3.8, 4) is 23.1 Å². The average molecular weight is 807 g/mol. The molecule has 0 fully saturated rings. The van der Waals surface area contributed by atoms with Crippen molar-refractivity contribution in [1.82, 2.24) is 18.3 Å². The van der Waals surface area contributed by atoms with E-state index < -0.39 is 10.0 Å². The lowest BCUT2D eigenvalue weighted by Crippen LogP contribution is -2.43. The molecule has 59 heavy (non-hydrogen) atoms. The van der Waals surface area contributed by atoms with E-state index in [9.17, 15) is 23.6 Å². The summed E-state index contributed by atoms with van der Waals surface area (Å²) in [5.41, 5.74) is 9.67. The van der Waals surface area contributed by atoms with Gasteiger partial charge in [0.15, 0.2) is 0 Å². The van der Waals surface area contributed by atoms with Gasteiger partial charge in [0.2, 0.25) is 10.0 Å². The van der Waals surface area contributed by atoms with Crippen LogP contribution in [-0.2, 0) is 55.8 Å². The number of phenolic OH excluding ortho intramolecular Hbond substituents is 1. The van der Waals surface area contributed by atoms with Crippen molar-refractivity contribution in [2.24, 2.45) is 14.1 Å². The van der Waals surface area contributed by atoms with Crippen molar-refractivity contribution in [2.45, 2.75) is 58.5 Å². The maximum Gasteiger partial charge on any atom is 0.264 e. The number of carbonyl (C=O) groups is 2. The fraction of sp³-hybridized carbons (Fsp3) is 0.255. The Hall–Kier alpha value is -6.42. The molecule has 0 spiro atoms. The summed E-state index contributed by atoms with van der Waals surface area (Å²) in [7, 11) is -0.0106. The molecule has 0 saturated heterocycles. The van der Waals surface area contributed by atoms with Crippen LogP contribution in [0.4, 0.5) is 11.4 Å². The number of nitrogens with zero attached hydrogens (tertiary/aromatic N) is 6. The Morgan fingerprint density at radius 2 is 1.51 bits per heavy atom. The van der Waals surface area contributed by atoms with Crippen molar-refractivity contribution < 1.29 is 23.1 Å². The predicted octanol–water partition coefficient (Wildman–Crippen LogP) is 7.68. The zero-order valence-corrected chi connectivity index (χ0v) is 34.6. The quantitative estimate of drug-likeness (QED) is 0.168. The molecule has 0 saturated carbocycles. The Balaban J connectivity index is 1.23. The molecule has 11 nitrogen and oxygen atoms in total. The summed E-state index contributed by atoms with van der Waals surface area (Å²) in [6, 6.07) is 33.1. The molecule has 1 atom stereocenters. The van der Waals surface area contributed by atoms with Gasteiger partial charge < -0.3 is 19.1 Å². The van der Waals surface area contributed by atoms with Gasteiger partial charge in [-0.05, 0) is 110 Å². The number of aromatic nitrogens is 2. The van der Waals surface area contributed by atoms with Gasteiger partial charge in [0, 0.05) is 73.7 Å². The van der Waals surface area contributed by atoms with Crippen LogP contribution in [0.3, 0.4) is 0 Å².